The van der Waals surface area contributed by atoms with E-state index < -0.39 is 15.7 Å². The molecule has 0 fully saturated rings. The lowest BCUT2D eigenvalue weighted by atomic mass is 10.0. The van der Waals surface area contributed by atoms with Gasteiger partial charge < -0.3 is 0 Å². The molecule has 0 amide bonds. The highest BCUT2D eigenvalue weighted by atomic mass is 32.2. The highest BCUT2D eigenvalue weighted by molar-refractivity contribution is 7.89. The summed E-state index contributed by atoms with van der Waals surface area (Å²) in [4.78, 5) is 14.7. The van der Waals surface area contributed by atoms with Crippen molar-refractivity contribution in [3.05, 3.63) is 81.4 Å². The number of sulfonamides is 1. The molecule has 3 heterocycles. The number of pyridine rings is 1. The molecule has 2 aromatic heterocycles. The monoisotopic (exact) mass is 412 g/mol. The van der Waals surface area contributed by atoms with Gasteiger partial charge >= 0.3 is 0 Å². The Morgan fingerprint density at radius 2 is 1.82 bits per heavy atom. The molecule has 1 aliphatic heterocycles. The van der Waals surface area contributed by atoms with Crippen molar-refractivity contribution in [1.29, 1.82) is 0 Å². The second-order valence-electron chi connectivity index (χ2n) is 6.97. The van der Waals surface area contributed by atoms with E-state index in [2.05, 4.69) is 15.0 Å². The number of benzene rings is 1. The quantitative estimate of drug-likeness (QED) is 0.623. The Morgan fingerprint density at radius 3 is 2.50 bits per heavy atom. The van der Waals surface area contributed by atoms with Crippen LogP contribution in [0.25, 0.3) is 0 Å². The third-order valence-electron chi connectivity index (χ3n) is 4.63. The molecule has 8 heteroatoms. The first-order chi connectivity index (χ1) is 13.4. The summed E-state index contributed by atoms with van der Waals surface area (Å²) in [6.07, 6.45) is 4.01. The molecule has 1 aliphatic rings. The van der Waals surface area contributed by atoms with Crippen LogP contribution in [0.1, 0.15) is 17.4 Å². The summed E-state index contributed by atoms with van der Waals surface area (Å²) in [5.41, 5.74) is 0.387. The molecule has 0 bridgehead atoms. The Labute approximate surface area is 168 Å². The van der Waals surface area contributed by atoms with Gasteiger partial charge in [0.25, 0.3) is 0 Å². The molecule has 6 nitrogen and oxygen atoms in total. The molecule has 28 heavy (non-hydrogen) atoms. The Hall–Kier alpha value is -2.42. The van der Waals surface area contributed by atoms with E-state index in [1.165, 1.54) is 4.31 Å². The summed E-state index contributed by atoms with van der Waals surface area (Å²) in [5.74, 6) is 0. The van der Waals surface area contributed by atoms with Crippen LogP contribution >= 0.6 is 11.3 Å². The molecule has 0 radical (unpaired) electrons. The molecular weight excluding hydrogens is 392 g/mol. The van der Waals surface area contributed by atoms with Gasteiger partial charge in [-0.05, 0) is 42.1 Å². The lowest BCUT2D eigenvalue weighted by Gasteiger charge is -2.19. The lowest BCUT2D eigenvalue weighted by Crippen LogP contribution is -2.26. The molecule has 4 rings (SSSR count). The topological polar surface area (TPSA) is 75.0 Å². The van der Waals surface area contributed by atoms with Gasteiger partial charge in [-0.1, -0.05) is 18.2 Å². The Kier molecular flexibility index (Phi) is 4.86. The van der Waals surface area contributed by atoms with E-state index in [0.717, 1.165) is 21.2 Å². The number of fused-ring (bicyclic) bond motifs is 1. The zero-order valence-corrected chi connectivity index (χ0v) is 17.2. The van der Waals surface area contributed by atoms with Gasteiger partial charge in [0, 0.05) is 31.1 Å². The fourth-order valence-corrected chi connectivity index (χ4v) is 5.22. The third kappa shape index (κ3) is 3.76. The van der Waals surface area contributed by atoms with Gasteiger partial charge in [0.2, 0.25) is 10.0 Å². The Bertz CT molecular complexity index is 1170. The van der Waals surface area contributed by atoms with Gasteiger partial charge in [-0.3, -0.25) is 15.0 Å². The second-order valence-corrected chi connectivity index (χ2v) is 10.0. The highest BCUT2D eigenvalue weighted by Gasteiger charge is 2.26. The molecule has 0 saturated carbocycles. The van der Waals surface area contributed by atoms with E-state index in [4.69, 9.17) is 0 Å². The van der Waals surface area contributed by atoms with Crippen LogP contribution in [0, 0.1) is 0 Å². The van der Waals surface area contributed by atoms with Crippen LogP contribution in [0.3, 0.4) is 0 Å². The van der Waals surface area contributed by atoms with Gasteiger partial charge in [0.05, 0.1) is 16.4 Å². The molecule has 1 unspecified atom stereocenters. The van der Waals surface area contributed by atoms with Crippen LogP contribution in [-0.2, 0) is 23.0 Å². The van der Waals surface area contributed by atoms with E-state index in [0.29, 0.717) is 13.0 Å². The zero-order valence-electron chi connectivity index (χ0n) is 15.6. The van der Waals surface area contributed by atoms with Crippen molar-refractivity contribution < 1.29 is 8.42 Å². The smallest absolute Gasteiger partial charge is 0.243 e. The molecule has 0 N–H and O–H groups in total. The minimum Gasteiger partial charge on any atom is -0.262 e. The van der Waals surface area contributed by atoms with Crippen molar-refractivity contribution in [2.75, 3.05) is 7.05 Å². The molecular formula is C20H20N4O2S2. The van der Waals surface area contributed by atoms with Gasteiger partial charge in [-0.25, -0.2) is 8.42 Å². The van der Waals surface area contributed by atoms with E-state index in [1.807, 2.05) is 42.6 Å². The number of aromatic nitrogens is 1. The van der Waals surface area contributed by atoms with Crippen molar-refractivity contribution >= 4 is 21.4 Å². The molecule has 0 spiro atoms. The number of thiophene rings is 1. The maximum Gasteiger partial charge on any atom is 0.243 e. The number of nitrogens with zero attached hydrogens (tertiary/aromatic N) is 4. The molecule has 1 aromatic carbocycles. The Morgan fingerprint density at radius 1 is 1.07 bits per heavy atom. The molecule has 144 valence electrons. The lowest BCUT2D eigenvalue weighted by molar-refractivity contribution is 0.469. The van der Waals surface area contributed by atoms with Gasteiger partial charge in [-0.15, -0.1) is 11.3 Å². The number of hydrogen-bond donors (Lipinski definition) is 0. The fraction of sp³-hybridized carbons (Fsp3) is 0.250. The van der Waals surface area contributed by atoms with Crippen molar-refractivity contribution in [1.82, 2.24) is 9.29 Å². The maximum atomic E-state index is 12.8. The average Bonchev–Trinajstić information content (AvgIpc) is 3.28. The van der Waals surface area contributed by atoms with Crippen molar-refractivity contribution in [2.24, 2.45) is 9.98 Å². The minimum absolute atomic E-state index is 0.285. The van der Waals surface area contributed by atoms with Gasteiger partial charge in [0.1, 0.15) is 5.36 Å². The predicted molar refractivity (Wildman–Crippen MR) is 108 cm³/mol. The second kappa shape index (κ2) is 7.20. The van der Waals surface area contributed by atoms with Crippen LogP contribution in [0.2, 0.25) is 0 Å². The average molecular weight is 413 g/mol. The molecule has 0 saturated heterocycles. The first-order valence-corrected chi connectivity index (χ1v) is 11.2. The standard InChI is InChI=1S/C20H20N4O2S2/c1-20(22-18-9-10-21-13-19(18)23-20)12-15-5-7-17(8-6-15)28(25,26)24(2)14-16-4-3-11-27-16/h3-11,13H,12,14H2,1-2H3. The van der Waals surface area contributed by atoms with E-state index in [-0.39, 0.29) is 4.90 Å². The molecule has 3 aromatic rings. The van der Waals surface area contributed by atoms with Crippen molar-refractivity contribution in [3.8, 4) is 0 Å². The van der Waals surface area contributed by atoms with Crippen molar-refractivity contribution in [3.63, 3.8) is 0 Å². The highest BCUT2D eigenvalue weighted by Crippen LogP contribution is 2.23. The molecule has 1 atom stereocenters. The number of rotatable bonds is 6. The van der Waals surface area contributed by atoms with E-state index >= 15 is 0 Å². The normalized spacial score (nSPS) is 18.5. The van der Waals surface area contributed by atoms with Crippen molar-refractivity contribution in [2.45, 2.75) is 30.4 Å². The summed E-state index contributed by atoms with van der Waals surface area (Å²) in [6, 6.07) is 12.7. The third-order valence-corrected chi connectivity index (χ3v) is 7.31. The molecule has 0 aliphatic carbocycles. The fourth-order valence-electron chi connectivity index (χ4n) is 3.24. The first-order valence-electron chi connectivity index (χ1n) is 8.83. The zero-order chi connectivity index (χ0) is 19.8. The van der Waals surface area contributed by atoms with Crippen LogP contribution in [0.5, 0.6) is 0 Å². The van der Waals surface area contributed by atoms with Crippen LogP contribution in [0.4, 0.5) is 0 Å². The predicted octanol–water partition coefficient (Wildman–Crippen LogP) is 2.18. The SMILES string of the molecule is CN(Cc1cccs1)S(=O)(=O)c1ccc(CC2(C)N=c3ccncc3=N2)cc1. The summed E-state index contributed by atoms with van der Waals surface area (Å²) >= 11 is 1.55. The summed E-state index contributed by atoms with van der Waals surface area (Å²) in [6.45, 7) is 2.33. The summed E-state index contributed by atoms with van der Waals surface area (Å²) < 4.78 is 27.0. The summed E-state index contributed by atoms with van der Waals surface area (Å²) in [7, 11) is -1.93. The van der Waals surface area contributed by atoms with Crippen LogP contribution in [0.15, 0.2) is 75.1 Å². The van der Waals surface area contributed by atoms with Gasteiger partial charge in [-0.2, -0.15) is 4.31 Å². The first kappa shape index (κ1) is 18.9. The number of hydrogen-bond acceptors (Lipinski definition) is 6. The van der Waals surface area contributed by atoms with Crippen LogP contribution in [-0.4, -0.2) is 30.4 Å². The largest absolute Gasteiger partial charge is 0.262 e. The Balaban J connectivity index is 1.52. The van der Waals surface area contributed by atoms with Crippen LogP contribution < -0.4 is 10.7 Å². The van der Waals surface area contributed by atoms with E-state index in [9.17, 15) is 8.42 Å². The van der Waals surface area contributed by atoms with Gasteiger partial charge in [0.15, 0.2) is 5.66 Å². The summed E-state index contributed by atoms with van der Waals surface area (Å²) in [5, 5.41) is 3.57. The van der Waals surface area contributed by atoms with E-state index in [1.54, 1.807) is 42.9 Å². The maximum absolute atomic E-state index is 12.8. The minimum atomic E-state index is -3.53.